The molecular weight excluding hydrogens is 302 g/mol. The molecule has 118 valence electrons. The fourth-order valence-corrected chi connectivity index (χ4v) is 2.87. The molecule has 0 fully saturated rings. The molecule has 0 aliphatic heterocycles. The Hall–Kier alpha value is -2.22. The minimum atomic E-state index is -0.384. The number of H-pyrrole nitrogens is 1. The summed E-state index contributed by atoms with van der Waals surface area (Å²) in [5.41, 5.74) is 2.90. The number of nitrogens with zero attached hydrogens (tertiary/aromatic N) is 2. The van der Waals surface area contributed by atoms with Gasteiger partial charge in [0.25, 0.3) is 5.56 Å². The number of hydrogen-bond donors (Lipinski definition) is 3. The highest BCUT2D eigenvalue weighted by Crippen LogP contribution is 2.14. The summed E-state index contributed by atoms with van der Waals surface area (Å²) in [5, 5.41) is 14.3. The van der Waals surface area contributed by atoms with Crippen molar-refractivity contribution in [1.29, 1.82) is 0 Å². The second-order valence-electron chi connectivity index (χ2n) is 4.77. The lowest BCUT2D eigenvalue weighted by Gasteiger charge is -2.11. The summed E-state index contributed by atoms with van der Waals surface area (Å²) < 4.78 is 0. The summed E-state index contributed by atoms with van der Waals surface area (Å²) in [5.74, 6) is 0. The first-order valence-corrected chi connectivity index (χ1v) is 7.99. The van der Waals surface area contributed by atoms with E-state index in [1.807, 2.05) is 26.2 Å². The van der Waals surface area contributed by atoms with Crippen molar-refractivity contribution in [3.05, 3.63) is 38.2 Å². The van der Waals surface area contributed by atoms with Crippen molar-refractivity contribution in [2.24, 2.45) is 0 Å². The van der Waals surface area contributed by atoms with E-state index in [-0.39, 0.29) is 18.1 Å². The molecule has 8 heteroatoms. The van der Waals surface area contributed by atoms with Crippen LogP contribution in [-0.2, 0) is 19.4 Å². The van der Waals surface area contributed by atoms with Gasteiger partial charge in [-0.3, -0.25) is 10.1 Å². The van der Waals surface area contributed by atoms with Gasteiger partial charge >= 0.3 is 6.03 Å². The van der Waals surface area contributed by atoms with Gasteiger partial charge in [0.2, 0.25) is 0 Å². The highest BCUT2D eigenvalue weighted by molar-refractivity contribution is 7.13. The smallest absolute Gasteiger partial charge is 0.321 e. The molecule has 2 rings (SSSR count). The zero-order valence-electron chi connectivity index (χ0n) is 12.8. The van der Waals surface area contributed by atoms with E-state index >= 15 is 0 Å². The van der Waals surface area contributed by atoms with Crippen LogP contribution in [0.25, 0.3) is 0 Å². The number of carbonyl (C=O) groups excluding carboxylic acids is 1. The number of amides is 2. The number of aromatic amines is 1. The number of nitrogens with one attached hydrogen (secondary N) is 3. The van der Waals surface area contributed by atoms with Gasteiger partial charge in [-0.25, -0.2) is 14.9 Å². The van der Waals surface area contributed by atoms with Crippen molar-refractivity contribution in [3.8, 4) is 0 Å². The minimum Gasteiger partial charge on any atom is -0.334 e. The molecule has 3 N–H and O–H groups in total. The maximum Gasteiger partial charge on any atom is 0.321 e. The molecule has 0 aromatic carbocycles. The zero-order valence-corrected chi connectivity index (χ0v) is 13.6. The molecule has 7 nitrogen and oxygen atoms in total. The van der Waals surface area contributed by atoms with Gasteiger partial charge < -0.3 is 5.32 Å². The van der Waals surface area contributed by atoms with E-state index in [2.05, 4.69) is 25.8 Å². The number of aromatic nitrogens is 3. The van der Waals surface area contributed by atoms with E-state index in [1.54, 1.807) is 0 Å². The molecule has 0 saturated carbocycles. The SMILES string of the molecule is CCc1n[nH]c(=O)c(CNC(=O)Nc2nc(C)cs2)c1CC. The first-order valence-electron chi connectivity index (χ1n) is 7.11. The van der Waals surface area contributed by atoms with Crippen molar-refractivity contribution < 1.29 is 4.79 Å². The lowest BCUT2D eigenvalue weighted by atomic mass is 10.0. The Morgan fingerprint density at radius 3 is 2.68 bits per heavy atom. The Balaban J connectivity index is 2.07. The number of rotatable bonds is 5. The van der Waals surface area contributed by atoms with Crippen LogP contribution in [0.1, 0.15) is 36.4 Å². The van der Waals surface area contributed by atoms with Crippen LogP contribution < -0.4 is 16.2 Å². The lowest BCUT2D eigenvalue weighted by Crippen LogP contribution is -2.32. The van der Waals surface area contributed by atoms with Crippen molar-refractivity contribution in [3.63, 3.8) is 0 Å². The number of anilines is 1. The molecule has 2 heterocycles. The molecule has 2 aromatic heterocycles. The number of hydrogen-bond acceptors (Lipinski definition) is 5. The van der Waals surface area contributed by atoms with Gasteiger partial charge in [-0.05, 0) is 25.3 Å². The van der Waals surface area contributed by atoms with E-state index in [0.29, 0.717) is 17.1 Å². The lowest BCUT2D eigenvalue weighted by molar-refractivity contribution is 0.251. The van der Waals surface area contributed by atoms with Crippen molar-refractivity contribution in [2.75, 3.05) is 5.32 Å². The van der Waals surface area contributed by atoms with Crippen molar-refractivity contribution in [2.45, 2.75) is 40.2 Å². The molecule has 0 aliphatic carbocycles. The van der Waals surface area contributed by atoms with Gasteiger partial charge in [0.05, 0.1) is 17.9 Å². The molecule has 22 heavy (non-hydrogen) atoms. The van der Waals surface area contributed by atoms with Gasteiger partial charge in [-0.15, -0.1) is 11.3 Å². The van der Waals surface area contributed by atoms with E-state index in [9.17, 15) is 9.59 Å². The van der Waals surface area contributed by atoms with Crippen LogP contribution in [0.2, 0.25) is 0 Å². The maximum absolute atomic E-state index is 11.9. The van der Waals surface area contributed by atoms with Crippen LogP contribution in [0, 0.1) is 6.92 Å². The van der Waals surface area contributed by atoms with E-state index < -0.39 is 0 Å². The van der Waals surface area contributed by atoms with Gasteiger partial charge in [0, 0.05) is 10.9 Å². The van der Waals surface area contributed by atoms with Crippen LogP contribution >= 0.6 is 11.3 Å². The quantitative estimate of drug-likeness (QED) is 0.784. The molecule has 0 aliphatic rings. The van der Waals surface area contributed by atoms with Crippen molar-refractivity contribution in [1.82, 2.24) is 20.5 Å². The number of urea groups is 1. The Labute approximate surface area is 132 Å². The summed E-state index contributed by atoms with van der Waals surface area (Å²) in [6.45, 7) is 5.96. The molecule has 0 atom stereocenters. The zero-order chi connectivity index (χ0) is 16.1. The number of carbonyl (C=O) groups is 1. The fourth-order valence-electron chi connectivity index (χ4n) is 2.18. The second-order valence-corrected chi connectivity index (χ2v) is 5.62. The first kappa shape index (κ1) is 16.2. The summed E-state index contributed by atoms with van der Waals surface area (Å²) in [7, 11) is 0. The molecule has 0 saturated heterocycles. The van der Waals surface area contributed by atoms with E-state index in [1.165, 1.54) is 11.3 Å². The highest BCUT2D eigenvalue weighted by atomic mass is 32.1. The topological polar surface area (TPSA) is 99.8 Å². The van der Waals surface area contributed by atoms with Gasteiger partial charge in [0.1, 0.15) is 0 Å². The maximum atomic E-state index is 11.9. The summed E-state index contributed by atoms with van der Waals surface area (Å²) in [6, 6.07) is -0.384. The summed E-state index contributed by atoms with van der Waals surface area (Å²) >= 11 is 1.36. The monoisotopic (exact) mass is 321 g/mol. The van der Waals surface area contributed by atoms with E-state index in [4.69, 9.17) is 0 Å². The molecular formula is C14H19N5O2S. The summed E-state index contributed by atoms with van der Waals surface area (Å²) in [4.78, 5) is 28.0. The van der Waals surface area contributed by atoms with Gasteiger partial charge in [0.15, 0.2) is 5.13 Å². The normalized spacial score (nSPS) is 10.5. The number of thiazole rings is 1. The van der Waals surface area contributed by atoms with Crippen molar-refractivity contribution >= 4 is 22.5 Å². The van der Waals surface area contributed by atoms with Crippen LogP contribution in [0.4, 0.5) is 9.93 Å². The third-order valence-electron chi connectivity index (χ3n) is 3.23. The molecule has 2 amide bonds. The fraction of sp³-hybridized carbons (Fsp3) is 0.429. The Morgan fingerprint density at radius 2 is 2.09 bits per heavy atom. The molecule has 0 radical (unpaired) electrons. The predicted molar refractivity (Wildman–Crippen MR) is 86.3 cm³/mol. The van der Waals surface area contributed by atoms with Gasteiger partial charge in [-0.2, -0.15) is 5.10 Å². The Kier molecular flexibility index (Phi) is 5.26. The average Bonchev–Trinajstić information content (AvgIpc) is 2.90. The predicted octanol–water partition coefficient (Wildman–Crippen LogP) is 1.98. The number of aryl methyl sites for hydroxylation is 2. The largest absolute Gasteiger partial charge is 0.334 e. The standard InChI is InChI=1S/C14H19N5O2S/c1-4-9-10(12(20)19-18-11(9)5-2)6-15-13(21)17-14-16-8(3)7-22-14/h7H,4-6H2,1-3H3,(H,19,20)(H2,15,16,17,21). The third kappa shape index (κ3) is 3.70. The molecule has 2 aromatic rings. The van der Waals surface area contributed by atoms with Gasteiger partial charge in [-0.1, -0.05) is 13.8 Å². The minimum absolute atomic E-state index is 0.157. The first-order chi connectivity index (χ1) is 10.5. The Bertz CT molecular complexity index is 722. The molecule has 0 bridgehead atoms. The second kappa shape index (κ2) is 7.17. The van der Waals surface area contributed by atoms with Crippen LogP contribution in [0.3, 0.4) is 0 Å². The Morgan fingerprint density at radius 1 is 1.32 bits per heavy atom. The van der Waals surface area contributed by atoms with Crippen LogP contribution in [-0.4, -0.2) is 21.2 Å². The third-order valence-corrected chi connectivity index (χ3v) is 4.11. The molecule has 0 spiro atoms. The summed E-state index contributed by atoms with van der Waals surface area (Å²) in [6.07, 6.45) is 1.43. The van der Waals surface area contributed by atoms with Crippen LogP contribution in [0.5, 0.6) is 0 Å². The van der Waals surface area contributed by atoms with Crippen LogP contribution in [0.15, 0.2) is 10.2 Å². The molecule has 0 unspecified atom stereocenters. The average molecular weight is 321 g/mol. The van der Waals surface area contributed by atoms with E-state index in [0.717, 1.165) is 23.4 Å². The highest BCUT2D eigenvalue weighted by Gasteiger charge is 2.13.